The van der Waals surface area contributed by atoms with Crippen LogP contribution in [0.2, 0.25) is 0 Å². The molecule has 1 aliphatic rings. The molecule has 0 heterocycles. The van der Waals surface area contributed by atoms with Crippen LogP contribution < -0.4 is 0 Å². The number of ketones is 2. The van der Waals surface area contributed by atoms with Gasteiger partial charge in [0.2, 0.25) is 0 Å². The Kier molecular flexibility index (Phi) is 12.8. The summed E-state index contributed by atoms with van der Waals surface area (Å²) < 4.78 is 5.02. The van der Waals surface area contributed by atoms with Gasteiger partial charge in [0.15, 0.2) is 5.05 Å². The summed E-state index contributed by atoms with van der Waals surface area (Å²) in [6.45, 7) is 3.94. The van der Waals surface area contributed by atoms with E-state index >= 15 is 0 Å². The minimum Gasteiger partial charge on any atom is -0.490 e. The predicted octanol–water partition coefficient (Wildman–Crippen LogP) is 6.46. The summed E-state index contributed by atoms with van der Waals surface area (Å²) in [5.41, 5.74) is 0. The van der Waals surface area contributed by atoms with E-state index in [9.17, 15) is 9.59 Å². The molecule has 0 spiro atoms. The maximum absolute atomic E-state index is 12.3. The van der Waals surface area contributed by atoms with Gasteiger partial charge in [-0.25, -0.2) is 0 Å². The van der Waals surface area contributed by atoms with E-state index in [2.05, 4.69) is 6.92 Å². The van der Waals surface area contributed by atoms with Crippen molar-refractivity contribution in [1.29, 1.82) is 0 Å². The maximum Gasteiger partial charge on any atom is 0.159 e. The van der Waals surface area contributed by atoms with Crippen LogP contribution in [0.25, 0.3) is 0 Å². The summed E-state index contributed by atoms with van der Waals surface area (Å²) in [5, 5.41) is 0.694. The molecule has 0 radical (unpaired) electrons. The smallest absolute Gasteiger partial charge is 0.159 e. The molecular weight excluding hydrogens is 356 g/mol. The standard InChI is InChI=1S/C23H40O3S/c1-4-5-8-11-19(18(2)24)14-15-20-16-17-22(25)21(20)12-9-6-7-10-13-23(27)26-3/h19-21H,4-17H2,1-3H3/t19?,20-,21+/m0/s1. The van der Waals surface area contributed by atoms with Crippen molar-refractivity contribution in [2.45, 2.75) is 104 Å². The lowest BCUT2D eigenvalue weighted by Crippen LogP contribution is -2.18. The predicted molar refractivity (Wildman–Crippen MR) is 116 cm³/mol. The Morgan fingerprint density at radius 2 is 1.85 bits per heavy atom. The molecule has 0 amide bonds. The van der Waals surface area contributed by atoms with E-state index in [0.717, 1.165) is 77.0 Å². The van der Waals surface area contributed by atoms with E-state index in [0.29, 0.717) is 22.5 Å². The van der Waals surface area contributed by atoms with Gasteiger partial charge in [-0.2, -0.15) is 0 Å². The van der Waals surface area contributed by atoms with E-state index in [4.69, 9.17) is 17.0 Å². The number of carbonyl (C=O) groups is 2. The van der Waals surface area contributed by atoms with Crippen LogP contribution in [-0.4, -0.2) is 23.7 Å². The molecule has 156 valence electrons. The zero-order valence-corrected chi connectivity index (χ0v) is 18.6. The summed E-state index contributed by atoms with van der Waals surface area (Å²) in [7, 11) is 1.63. The highest BCUT2D eigenvalue weighted by Crippen LogP contribution is 2.37. The number of Topliss-reactive ketones (excluding diaryl/α,β-unsaturated/α-hetero) is 2. The maximum atomic E-state index is 12.3. The Morgan fingerprint density at radius 1 is 1.11 bits per heavy atom. The second kappa shape index (κ2) is 14.3. The average molecular weight is 397 g/mol. The van der Waals surface area contributed by atoms with E-state index in [1.165, 1.54) is 12.8 Å². The number of carbonyl (C=O) groups excluding carboxylic acids is 2. The number of ether oxygens (including phenoxy) is 1. The fourth-order valence-corrected chi connectivity index (χ4v) is 4.56. The Hall–Kier alpha value is -0.770. The second-order valence-corrected chi connectivity index (χ2v) is 8.74. The van der Waals surface area contributed by atoms with Crippen molar-refractivity contribution in [2.75, 3.05) is 7.11 Å². The van der Waals surface area contributed by atoms with Gasteiger partial charge in [-0.3, -0.25) is 9.59 Å². The number of thiocarbonyl (C=S) groups is 1. The van der Waals surface area contributed by atoms with E-state index in [1.807, 2.05) is 0 Å². The van der Waals surface area contributed by atoms with Gasteiger partial charge in [0.25, 0.3) is 0 Å². The lowest BCUT2D eigenvalue weighted by Gasteiger charge is -2.21. The van der Waals surface area contributed by atoms with Crippen molar-refractivity contribution in [1.82, 2.24) is 0 Å². The van der Waals surface area contributed by atoms with Crippen molar-refractivity contribution in [3.8, 4) is 0 Å². The van der Waals surface area contributed by atoms with Crippen LogP contribution in [0.4, 0.5) is 0 Å². The third-order valence-electron chi connectivity index (χ3n) is 6.23. The zero-order valence-electron chi connectivity index (χ0n) is 17.8. The first-order valence-corrected chi connectivity index (χ1v) is 11.5. The van der Waals surface area contributed by atoms with Crippen molar-refractivity contribution >= 4 is 28.8 Å². The summed E-state index contributed by atoms with van der Waals surface area (Å²) in [5.74, 6) is 1.75. The highest BCUT2D eigenvalue weighted by atomic mass is 32.1. The molecule has 0 aliphatic heterocycles. The zero-order chi connectivity index (χ0) is 20.1. The van der Waals surface area contributed by atoms with Crippen LogP contribution in [0.15, 0.2) is 0 Å². The molecule has 0 saturated heterocycles. The van der Waals surface area contributed by atoms with Gasteiger partial charge in [-0.1, -0.05) is 45.4 Å². The number of hydrogen-bond acceptors (Lipinski definition) is 4. The lowest BCUT2D eigenvalue weighted by molar-refractivity contribution is -0.121. The highest BCUT2D eigenvalue weighted by Gasteiger charge is 2.34. The van der Waals surface area contributed by atoms with Gasteiger partial charge in [-0.05, 0) is 63.6 Å². The van der Waals surface area contributed by atoms with E-state index in [-0.39, 0.29) is 11.8 Å². The van der Waals surface area contributed by atoms with Crippen LogP contribution in [-0.2, 0) is 14.3 Å². The Labute approximate surface area is 172 Å². The molecule has 0 bridgehead atoms. The number of methoxy groups -OCH3 is 1. The number of rotatable bonds is 15. The normalized spacial score (nSPS) is 20.6. The number of unbranched alkanes of at least 4 members (excludes halogenated alkanes) is 5. The largest absolute Gasteiger partial charge is 0.490 e. The molecule has 0 aromatic heterocycles. The fraction of sp³-hybridized carbons (Fsp3) is 0.870. The van der Waals surface area contributed by atoms with Crippen molar-refractivity contribution in [3.63, 3.8) is 0 Å². The van der Waals surface area contributed by atoms with Crippen LogP contribution in [0, 0.1) is 17.8 Å². The second-order valence-electron chi connectivity index (χ2n) is 8.28. The van der Waals surface area contributed by atoms with Gasteiger partial charge in [0.1, 0.15) is 11.6 Å². The summed E-state index contributed by atoms with van der Waals surface area (Å²) >= 11 is 5.06. The minimum absolute atomic E-state index is 0.206. The molecular formula is C23H40O3S. The molecule has 0 aromatic rings. The van der Waals surface area contributed by atoms with Crippen molar-refractivity contribution < 1.29 is 14.3 Å². The van der Waals surface area contributed by atoms with Crippen LogP contribution >= 0.6 is 12.2 Å². The molecule has 1 aliphatic carbocycles. The Morgan fingerprint density at radius 3 is 2.52 bits per heavy atom. The Balaban J connectivity index is 2.31. The van der Waals surface area contributed by atoms with Crippen molar-refractivity contribution in [2.24, 2.45) is 17.8 Å². The lowest BCUT2D eigenvalue weighted by atomic mass is 9.83. The molecule has 3 nitrogen and oxygen atoms in total. The van der Waals surface area contributed by atoms with Crippen LogP contribution in [0.3, 0.4) is 0 Å². The third kappa shape index (κ3) is 9.82. The average Bonchev–Trinajstić information content (AvgIpc) is 3.00. The summed E-state index contributed by atoms with van der Waals surface area (Å²) in [6.07, 6.45) is 14.8. The molecule has 1 rings (SSSR count). The number of hydrogen-bond donors (Lipinski definition) is 0. The van der Waals surface area contributed by atoms with Crippen LogP contribution in [0.1, 0.15) is 104 Å². The molecule has 0 N–H and O–H groups in total. The summed E-state index contributed by atoms with van der Waals surface area (Å²) in [6, 6.07) is 0. The first-order chi connectivity index (χ1) is 13.0. The quantitative estimate of drug-likeness (QED) is 0.235. The highest BCUT2D eigenvalue weighted by molar-refractivity contribution is 7.80. The van der Waals surface area contributed by atoms with Gasteiger partial charge in [-0.15, -0.1) is 0 Å². The molecule has 4 heteroatoms. The van der Waals surface area contributed by atoms with Gasteiger partial charge in [0, 0.05) is 24.7 Å². The molecule has 1 saturated carbocycles. The van der Waals surface area contributed by atoms with Crippen molar-refractivity contribution in [3.05, 3.63) is 0 Å². The Bertz CT molecular complexity index is 461. The van der Waals surface area contributed by atoms with Crippen LogP contribution in [0.5, 0.6) is 0 Å². The van der Waals surface area contributed by atoms with E-state index in [1.54, 1.807) is 14.0 Å². The minimum atomic E-state index is 0.206. The molecule has 0 aromatic carbocycles. The first-order valence-electron chi connectivity index (χ1n) is 11.1. The first kappa shape index (κ1) is 24.3. The van der Waals surface area contributed by atoms with Gasteiger partial charge < -0.3 is 4.74 Å². The van der Waals surface area contributed by atoms with Gasteiger partial charge in [0.05, 0.1) is 7.11 Å². The molecule has 27 heavy (non-hydrogen) atoms. The third-order valence-corrected chi connectivity index (χ3v) is 6.61. The monoisotopic (exact) mass is 396 g/mol. The summed E-state index contributed by atoms with van der Waals surface area (Å²) in [4.78, 5) is 24.3. The topological polar surface area (TPSA) is 43.4 Å². The molecule has 1 fully saturated rings. The SMILES string of the molecule is CCCCCC(CC[C@H]1CCC(=O)[C@@H]1CCCCCCC(=S)OC)C(C)=O. The van der Waals surface area contributed by atoms with E-state index < -0.39 is 0 Å². The molecule has 1 unspecified atom stereocenters. The fourth-order valence-electron chi connectivity index (χ4n) is 4.42. The molecule has 3 atom stereocenters. The van der Waals surface area contributed by atoms with Gasteiger partial charge >= 0.3 is 0 Å².